The van der Waals surface area contributed by atoms with E-state index in [-0.39, 0.29) is 29.7 Å². The number of ketones is 1. The first-order valence-electron chi connectivity index (χ1n) is 8.79. The van der Waals surface area contributed by atoms with Crippen molar-refractivity contribution >= 4 is 34.8 Å². The fourth-order valence-electron chi connectivity index (χ4n) is 2.55. The van der Waals surface area contributed by atoms with Crippen molar-refractivity contribution in [3.05, 3.63) is 76.5 Å². The van der Waals surface area contributed by atoms with Gasteiger partial charge in [-0.05, 0) is 30.3 Å². The minimum absolute atomic E-state index is 0.0960. The molecular weight excluding hydrogens is 411 g/mol. The van der Waals surface area contributed by atoms with Crippen LogP contribution in [0.2, 0.25) is 0 Å². The molecule has 0 radical (unpaired) electrons. The average Bonchev–Trinajstić information content (AvgIpc) is 3.18. The van der Waals surface area contributed by atoms with E-state index in [0.29, 0.717) is 22.1 Å². The molecule has 1 amide bonds. The summed E-state index contributed by atoms with van der Waals surface area (Å²) in [5, 5.41) is 4.67. The van der Waals surface area contributed by atoms with Gasteiger partial charge in [-0.25, -0.2) is 9.37 Å². The average molecular weight is 431 g/mol. The third-order valence-corrected chi connectivity index (χ3v) is 6.10. The molecule has 1 N–H and O–H groups in total. The van der Waals surface area contributed by atoms with Crippen molar-refractivity contribution in [1.82, 2.24) is 10.3 Å². The molecule has 1 aromatic heterocycles. The number of Topliss-reactive ketones (excluding diaryl/α,β-unsaturated/α-hetero) is 1. The van der Waals surface area contributed by atoms with Crippen LogP contribution in [0, 0.1) is 5.82 Å². The van der Waals surface area contributed by atoms with Crippen LogP contribution in [-0.2, 0) is 17.8 Å². The first-order chi connectivity index (χ1) is 14.0. The van der Waals surface area contributed by atoms with Crippen molar-refractivity contribution in [3.8, 4) is 5.75 Å². The molecule has 0 atom stereocenters. The number of nitrogens with zero attached hydrogens (tertiary/aromatic N) is 1. The zero-order chi connectivity index (χ0) is 20.6. The summed E-state index contributed by atoms with van der Waals surface area (Å²) in [7, 11) is 1.59. The molecule has 0 saturated carbocycles. The highest BCUT2D eigenvalue weighted by Gasteiger charge is 2.12. The quantitative estimate of drug-likeness (QED) is 0.408. The summed E-state index contributed by atoms with van der Waals surface area (Å²) in [6, 6.07) is 13.0. The number of rotatable bonds is 9. The number of hydrogen-bond donors (Lipinski definition) is 1. The third-order valence-electron chi connectivity index (χ3n) is 4.03. The third kappa shape index (κ3) is 6.13. The number of hydrogen-bond acceptors (Lipinski definition) is 6. The van der Waals surface area contributed by atoms with Crippen LogP contribution >= 0.6 is 23.1 Å². The number of methoxy groups -OCH3 is 1. The van der Waals surface area contributed by atoms with Crippen molar-refractivity contribution in [3.63, 3.8) is 0 Å². The van der Waals surface area contributed by atoms with Gasteiger partial charge < -0.3 is 10.1 Å². The Kier molecular flexibility index (Phi) is 7.37. The lowest BCUT2D eigenvalue weighted by molar-refractivity contribution is -0.120. The Balaban J connectivity index is 1.47. The normalized spacial score (nSPS) is 10.6. The molecule has 3 aromatic rings. The second-order valence-electron chi connectivity index (χ2n) is 6.09. The number of aromatic nitrogens is 1. The summed E-state index contributed by atoms with van der Waals surface area (Å²) in [4.78, 5) is 28.7. The number of halogens is 1. The molecule has 8 heteroatoms. The largest absolute Gasteiger partial charge is 0.496 e. The Morgan fingerprint density at radius 3 is 2.69 bits per heavy atom. The van der Waals surface area contributed by atoms with Crippen LogP contribution in [0.15, 0.2) is 58.3 Å². The monoisotopic (exact) mass is 430 g/mol. The molecule has 0 spiro atoms. The van der Waals surface area contributed by atoms with Crippen LogP contribution in [0.3, 0.4) is 0 Å². The summed E-state index contributed by atoms with van der Waals surface area (Å²) < 4.78 is 18.9. The van der Waals surface area contributed by atoms with Gasteiger partial charge in [0, 0.05) is 23.1 Å². The zero-order valence-electron chi connectivity index (χ0n) is 15.7. The number of carbonyl (C=O) groups is 2. The molecule has 0 saturated heterocycles. The van der Waals surface area contributed by atoms with Crippen LogP contribution in [0.25, 0.3) is 0 Å². The molecule has 1 heterocycles. The van der Waals surface area contributed by atoms with Crippen molar-refractivity contribution in [2.75, 3.05) is 12.9 Å². The summed E-state index contributed by atoms with van der Waals surface area (Å²) in [5.74, 6) is 0.327. The van der Waals surface area contributed by atoms with Gasteiger partial charge in [0.1, 0.15) is 11.6 Å². The van der Waals surface area contributed by atoms with Crippen molar-refractivity contribution in [2.24, 2.45) is 0 Å². The van der Waals surface area contributed by atoms with Crippen molar-refractivity contribution in [1.29, 1.82) is 0 Å². The van der Waals surface area contributed by atoms with E-state index < -0.39 is 0 Å². The van der Waals surface area contributed by atoms with E-state index in [4.69, 9.17) is 4.74 Å². The highest BCUT2D eigenvalue weighted by atomic mass is 32.2. The lowest BCUT2D eigenvalue weighted by Gasteiger charge is -2.09. The second kappa shape index (κ2) is 10.2. The van der Waals surface area contributed by atoms with Gasteiger partial charge in [-0.15, -0.1) is 11.3 Å². The first kappa shape index (κ1) is 21.0. The number of amides is 1. The lowest BCUT2D eigenvalue weighted by Crippen LogP contribution is -2.24. The molecule has 0 aliphatic rings. The highest BCUT2D eigenvalue weighted by molar-refractivity contribution is 8.01. The summed E-state index contributed by atoms with van der Waals surface area (Å²) in [6.45, 7) is 0.376. The Hall–Kier alpha value is -2.71. The van der Waals surface area contributed by atoms with E-state index in [9.17, 15) is 14.0 Å². The minimum atomic E-state index is -0.372. The van der Waals surface area contributed by atoms with Gasteiger partial charge in [-0.2, -0.15) is 0 Å². The molecule has 0 aliphatic carbocycles. The fraction of sp³-hybridized carbons (Fsp3) is 0.190. The van der Waals surface area contributed by atoms with E-state index in [2.05, 4.69) is 10.3 Å². The standard InChI is InChI=1S/C21H19FN2O3S2/c1-27-19-5-3-2-4-15(19)11-23-20(26)10-17-12-28-21(24-17)29-13-18(25)14-6-8-16(22)9-7-14/h2-9,12H,10-11,13H2,1H3,(H,23,26). The maximum absolute atomic E-state index is 12.9. The molecule has 3 rings (SSSR count). The fourth-order valence-corrected chi connectivity index (χ4v) is 4.29. The molecule has 0 aliphatic heterocycles. The Labute approximate surface area is 176 Å². The van der Waals surface area contributed by atoms with Gasteiger partial charge in [0.05, 0.1) is 25.0 Å². The number of nitrogens with one attached hydrogen (secondary N) is 1. The van der Waals surface area contributed by atoms with Gasteiger partial charge in [-0.1, -0.05) is 30.0 Å². The summed E-state index contributed by atoms with van der Waals surface area (Å²) >= 11 is 2.70. The molecule has 5 nitrogen and oxygen atoms in total. The van der Waals surface area contributed by atoms with Gasteiger partial charge in [0.2, 0.25) is 5.91 Å². The predicted octanol–water partition coefficient (Wildman–Crippen LogP) is 4.12. The minimum Gasteiger partial charge on any atom is -0.496 e. The molecule has 2 aromatic carbocycles. The van der Waals surface area contributed by atoms with Crippen molar-refractivity contribution in [2.45, 2.75) is 17.3 Å². The molecular formula is C21H19FN2O3S2. The topological polar surface area (TPSA) is 68.3 Å². The van der Waals surface area contributed by atoms with E-state index in [1.165, 1.54) is 47.4 Å². The SMILES string of the molecule is COc1ccccc1CNC(=O)Cc1csc(SCC(=O)c2ccc(F)cc2)n1. The van der Waals surface area contributed by atoms with Crippen LogP contribution < -0.4 is 10.1 Å². The predicted molar refractivity (Wildman–Crippen MR) is 112 cm³/mol. The summed E-state index contributed by atoms with van der Waals surface area (Å²) in [5.41, 5.74) is 2.02. The van der Waals surface area contributed by atoms with E-state index >= 15 is 0 Å². The Morgan fingerprint density at radius 2 is 1.93 bits per heavy atom. The maximum atomic E-state index is 12.9. The summed E-state index contributed by atoms with van der Waals surface area (Å²) in [6.07, 6.45) is 0.165. The van der Waals surface area contributed by atoms with E-state index in [0.717, 1.165) is 11.3 Å². The number of thioether (sulfide) groups is 1. The highest BCUT2D eigenvalue weighted by Crippen LogP contribution is 2.24. The number of carbonyl (C=O) groups excluding carboxylic acids is 2. The molecule has 0 bridgehead atoms. The lowest BCUT2D eigenvalue weighted by atomic mass is 10.1. The van der Waals surface area contributed by atoms with Gasteiger partial charge >= 0.3 is 0 Å². The van der Waals surface area contributed by atoms with E-state index in [1.807, 2.05) is 29.6 Å². The van der Waals surface area contributed by atoms with Gasteiger partial charge in [0.25, 0.3) is 0 Å². The van der Waals surface area contributed by atoms with Gasteiger partial charge in [-0.3, -0.25) is 9.59 Å². The van der Waals surface area contributed by atoms with Gasteiger partial charge in [0.15, 0.2) is 10.1 Å². The number of benzene rings is 2. The Bertz CT molecular complexity index is 990. The second-order valence-corrected chi connectivity index (χ2v) is 8.17. The maximum Gasteiger partial charge on any atom is 0.226 e. The molecule has 0 unspecified atom stereocenters. The molecule has 150 valence electrons. The van der Waals surface area contributed by atoms with Crippen molar-refractivity contribution < 1.29 is 18.7 Å². The Morgan fingerprint density at radius 1 is 1.17 bits per heavy atom. The van der Waals surface area contributed by atoms with Crippen LogP contribution in [0.1, 0.15) is 21.6 Å². The van der Waals surface area contributed by atoms with E-state index in [1.54, 1.807) is 7.11 Å². The van der Waals surface area contributed by atoms with Crippen LogP contribution in [0.5, 0.6) is 5.75 Å². The van der Waals surface area contributed by atoms with Crippen LogP contribution in [0.4, 0.5) is 4.39 Å². The number of para-hydroxylation sites is 1. The molecule has 0 fully saturated rings. The van der Waals surface area contributed by atoms with Crippen LogP contribution in [-0.4, -0.2) is 29.5 Å². The smallest absolute Gasteiger partial charge is 0.226 e. The number of thiazole rings is 1. The molecule has 29 heavy (non-hydrogen) atoms. The first-order valence-corrected chi connectivity index (χ1v) is 10.7. The number of ether oxygens (including phenoxy) is 1. The zero-order valence-corrected chi connectivity index (χ0v) is 17.3.